The van der Waals surface area contributed by atoms with Gasteiger partial charge >= 0.3 is 5.97 Å². The van der Waals surface area contributed by atoms with Crippen molar-refractivity contribution < 1.29 is 19.1 Å². The Balaban J connectivity index is 1.93. The zero-order valence-corrected chi connectivity index (χ0v) is 14.3. The maximum absolute atomic E-state index is 13.1. The van der Waals surface area contributed by atoms with E-state index in [-0.39, 0.29) is 11.7 Å². The largest absolute Gasteiger partial charge is 0.480 e. The van der Waals surface area contributed by atoms with Crippen LogP contribution in [0.2, 0.25) is 0 Å². The van der Waals surface area contributed by atoms with Crippen molar-refractivity contribution in [1.29, 1.82) is 0 Å². The van der Waals surface area contributed by atoms with Crippen molar-refractivity contribution in [2.45, 2.75) is 32.2 Å². The molecule has 0 spiro atoms. The third-order valence-electron chi connectivity index (χ3n) is 4.58. The van der Waals surface area contributed by atoms with Crippen molar-refractivity contribution >= 4 is 23.2 Å². The number of rotatable bonds is 3. The molecule has 2 aromatic rings. The van der Waals surface area contributed by atoms with Crippen LogP contribution < -0.4 is 0 Å². The Hall–Kier alpha value is -2.21. The number of benzene rings is 1. The van der Waals surface area contributed by atoms with Gasteiger partial charge in [0.1, 0.15) is 11.4 Å². The topological polar surface area (TPSA) is 57.6 Å². The van der Waals surface area contributed by atoms with Crippen LogP contribution in [0.25, 0.3) is 10.4 Å². The first-order valence-electron chi connectivity index (χ1n) is 7.74. The summed E-state index contributed by atoms with van der Waals surface area (Å²) in [4.78, 5) is 27.3. The number of hydrogen-bond acceptors (Lipinski definition) is 3. The molecule has 1 aliphatic heterocycles. The maximum atomic E-state index is 13.1. The standard InChI is InChI=1S/C18H18FNO3S/c1-11-10-14(24-15(11)12-4-6-13(19)7-5-12)16(21)20-9-3-8-18(20,2)17(22)23/h4-7,10H,3,8-9H2,1-2H3,(H,22,23). The number of carboxylic acid groups (broad SMARTS) is 1. The van der Waals surface area contributed by atoms with Crippen LogP contribution in [0.4, 0.5) is 4.39 Å². The van der Waals surface area contributed by atoms with E-state index in [4.69, 9.17) is 0 Å². The van der Waals surface area contributed by atoms with E-state index in [0.29, 0.717) is 24.3 Å². The molecule has 2 heterocycles. The molecule has 1 fully saturated rings. The van der Waals surface area contributed by atoms with Crippen LogP contribution >= 0.6 is 11.3 Å². The highest BCUT2D eigenvalue weighted by Crippen LogP contribution is 2.36. The van der Waals surface area contributed by atoms with E-state index >= 15 is 0 Å². The molecular weight excluding hydrogens is 329 g/mol. The van der Waals surface area contributed by atoms with Crippen LogP contribution in [0.15, 0.2) is 30.3 Å². The van der Waals surface area contributed by atoms with E-state index in [1.54, 1.807) is 25.1 Å². The third kappa shape index (κ3) is 2.71. The highest BCUT2D eigenvalue weighted by atomic mass is 32.1. The summed E-state index contributed by atoms with van der Waals surface area (Å²) in [7, 11) is 0. The van der Waals surface area contributed by atoms with Gasteiger partial charge in [-0.15, -0.1) is 11.3 Å². The number of amides is 1. The molecule has 1 saturated heterocycles. The van der Waals surface area contributed by atoms with Crippen molar-refractivity contribution in [1.82, 2.24) is 4.90 Å². The number of thiophene rings is 1. The van der Waals surface area contributed by atoms with Gasteiger partial charge in [-0.3, -0.25) is 4.79 Å². The van der Waals surface area contributed by atoms with Crippen molar-refractivity contribution in [3.63, 3.8) is 0 Å². The van der Waals surface area contributed by atoms with Crippen LogP contribution in [0.3, 0.4) is 0 Å². The minimum absolute atomic E-state index is 0.251. The zero-order valence-electron chi connectivity index (χ0n) is 13.5. The molecule has 0 saturated carbocycles. The molecule has 0 radical (unpaired) electrons. The number of likely N-dealkylation sites (tertiary alicyclic amines) is 1. The molecule has 1 amide bonds. The van der Waals surface area contributed by atoms with Gasteiger partial charge in [0.05, 0.1) is 4.88 Å². The molecule has 126 valence electrons. The number of carbonyl (C=O) groups is 2. The van der Waals surface area contributed by atoms with E-state index in [0.717, 1.165) is 16.0 Å². The summed E-state index contributed by atoms with van der Waals surface area (Å²) in [6.45, 7) is 3.94. The number of hydrogen-bond donors (Lipinski definition) is 1. The van der Waals surface area contributed by atoms with Crippen molar-refractivity contribution in [3.05, 3.63) is 46.6 Å². The number of halogens is 1. The SMILES string of the molecule is Cc1cc(C(=O)N2CCCC2(C)C(=O)O)sc1-c1ccc(F)cc1. The Labute approximate surface area is 143 Å². The fourth-order valence-electron chi connectivity index (χ4n) is 3.12. The molecule has 1 atom stereocenters. The lowest BCUT2D eigenvalue weighted by molar-refractivity contribution is -0.147. The zero-order chi connectivity index (χ0) is 17.5. The molecule has 0 bridgehead atoms. The second-order valence-electron chi connectivity index (χ2n) is 6.27. The van der Waals surface area contributed by atoms with Gasteiger partial charge < -0.3 is 10.0 Å². The Bertz CT molecular complexity index is 799. The van der Waals surface area contributed by atoms with Gasteiger partial charge in [-0.2, -0.15) is 0 Å². The lowest BCUT2D eigenvalue weighted by atomic mass is 9.99. The summed E-state index contributed by atoms with van der Waals surface area (Å²) >= 11 is 1.32. The minimum atomic E-state index is -1.15. The van der Waals surface area contributed by atoms with Crippen LogP contribution in [0.1, 0.15) is 35.0 Å². The second-order valence-corrected chi connectivity index (χ2v) is 7.32. The Morgan fingerprint density at radius 2 is 1.96 bits per heavy atom. The highest BCUT2D eigenvalue weighted by molar-refractivity contribution is 7.17. The van der Waals surface area contributed by atoms with Crippen LogP contribution in [-0.2, 0) is 4.79 Å². The molecule has 3 rings (SSSR count). The van der Waals surface area contributed by atoms with E-state index in [9.17, 15) is 19.1 Å². The number of nitrogens with zero attached hydrogens (tertiary/aromatic N) is 1. The van der Waals surface area contributed by atoms with Gasteiger partial charge in [0.2, 0.25) is 0 Å². The third-order valence-corrected chi connectivity index (χ3v) is 5.86. The molecule has 24 heavy (non-hydrogen) atoms. The van der Waals surface area contributed by atoms with Gasteiger partial charge in [0.15, 0.2) is 0 Å². The molecule has 1 aromatic heterocycles. The summed E-state index contributed by atoms with van der Waals surface area (Å²) in [5.41, 5.74) is 0.622. The quantitative estimate of drug-likeness (QED) is 0.915. The number of aliphatic carboxylic acids is 1. The molecular formula is C18H18FNO3S. The predicted molar refractivity (Wildman–Crippen MR) is 90.8 cm³/mol. The van der Waals surface area contributed by atoms with Gasteiger partial charge in [-0.05, 0) is 56.0 Å². The summed E-state index contributed by atoms with van der Waals surface area (Å²) in [5, 5.41) is 9.48. The molecule has 0 aliphatic carbocycles. The summed E-state index contributed by atoms with van der Waals surface area (Å²) < 4.78 is 13.1. The molecule has 1 aliphatic rings. The summed E-state index contributed by atoms with van der Waals surface area (Å²) in [6, 6.07) is 7.92. The van der Waals surface area contributed by atoms with Gasteiger partial charge in [-0.25, -0.2) is 9.18 Å². The average Bonchev–Trinajstić information content (AvgIpc) is 3.12. The number of aryl methyl sites for hydroxylation is 1. The first-order chi connectivity index (χ1) is 11.3. The average molecular weight is 347 g/mol. The maximum Gasteiger partial charge on any atom is 0.329 e. The molecule has 6 heteroatoms. The fraction of sp³-hybridized carbons (Fsp3) is 0.333. The van der Waals surface area contributed by atoms with Gasteiger partial charge in [0.25, 0.3) is 5.91 Å². The number of carboxylic acids is 1. The lowest BCUT2D eigenvalue weighted by Crippen LogP contribution is -2.50. The van der Waals surface area contributed by atoms with E-state index in [1.807, 2.05) is 6.92 Å². The van der Waals surface area contributed by atoms with Crippen LogP contribution in [0.5, 0.6) is 0 Å². The molecule has 1 aromatic carbocycles. The van der Waals surface area contributed by atoms with E-state index < -0.39 is 11.5 Å². The monoisotopic (exact) mass is 347 g/mol. The Kier molecular flexibility index (Phi) is 4.17. The Morgan fingerprint density at radius 3 is 2.58 bits per heavy atom. The summed E-state index contributed by atoms with van der Waals surface area (Å²) in [5.74, 6) is -1.53. The van der Waals surface area contributed by atoms with Crippen molar-refractivity contribution in [2.24, 2.45) is 0 Å². The molecule has 4 nitrogen and oxygen atoms in total. The Morgan fingerprint density at radius 1 is 1.29 bits per heavy atom. The van der Waals surface area contributed by atoms with Gasteiger partial charge in [-0.1, -0.05) is 12.1 Å². The minimum Gasteiger partial charge on any atom is -0.480 e. The second kappa shape index (κ2) is 6.02. The first-order valence-corrected chi connectivity index (χ1v) is 8.56. The van der Waals surface area contributed by atoms with Crippen LogP contribution in [-0.4, -0.2) is 34.0 Å². The molecule has 1 unspecified atom stereocenters. The normalized spacial score (nSPS) is 20.4. The highest BCUT2D eigenvalue weighted by Gasteiger charge is 2.46. The van der Waals surface area contributed by atoms with Crippen LogP contribution in [0, 0.1) is 12.7 Å². The fourth-order valence-corrected chi connectivity index (χ4v) is 4.25. The van der Waals surface area contributed by atoms with E-state index in [1.165, 1.54) is 28.4 Å². The summed E-state index contributed by atoms with van der Waals surface area (Å²) in [6.07, 6.45) is 1.15. The lowest BCUT2D eigenvalue weighted by Gasteiger charge is -2.30. The first kappa shape index (κ1) is 16.6. The van der Waals surface area contributed by atoms with E-state index in [2.05, 4.69) is 0 Å². The van der Waals surface area contributed by atoms with Crippen molar-refractivity contribution in [2.75, 3.05) is 6.54 Å². The van der Waals surface area contributed by atoms with Crippen molar-refractivity contribution in [3.8, 4) is 10.4 Å². The predicted octanol–water partition coefficient (Wildman–Crippen LogP) is 3.94. The van der Waals surface area contributed by atoms with Gasteiger partial charge in [0, 0.05) is 11.4 Å². The smallest absolute Gasteiger partial charge is 0.329 e. The number of carbonyl (C=O) groups excluding carboxylic acids is 1. The molecule has 1 N–H and O–H groups in total.